The number of aromatic amines is 1. The summed E-state index contributed by atoms with van der Waals surface area (Å²) in [6, 6.07) is 13.1. The highest BCUT2D eigenvalue weighted by Crippen LogP contribution is 2.20. The monoisotopic (exact) mass is 390 g/mol. The Hall–Kier alpha value is -4.01. The van der Waals surface area contributed by atoms with Gasteiger partial charge in [-0.05, 0) is 42.8 Å². The number of aromatic nitrogens is 3. The normalized spacial score (nSPS) is 15.7. The molecule has 9 heteroatoms. The summed E-state index contributed by atoms with van der Waals surface area (Å²) in [5.74, 6) is -0.292. The van der Waals surface area contributed by atoms with Crippen molar-refractivity contribution in [2.45, 2.75) is 18.9 Å². The molecule has 0 saturated carbocycles. The molecule has 3 aromatic rings. The molecule has 0 saturated heterocycles. The van der Waals surface area contributed by atoms with Gasteiger partial charge in [-0.25, -0.2) is 4.98 Å². The van der Waals surface area contributed by atoms with Crippen LogP contribution in [0.15, 0.2) is 54.9 Å². The van der Waals surface area contributed by atoms with Gasteiger partial charge in [0.15, 0.2) is 5.82 Å². The number of anilines is 2. The van der Waals surface area contributed by atoms with Crippen molar-refractivity contribution in [3.63, 3.8) is 0 Å². The van der Waals surface area contributed by atoms with Crippen LogP contribution in [-0.2, 0) is 9.59 Å². The lowest BCUT2D eigenvalue weighted by atomic mass is 10.1. The Morgan fingerprint density at radius 2 is 1.86 bits per heavy atom. The quantitative estimate of drug-likeness (QED) is 0.529. The van der Waals surface area contributed by atoms with Crippen LogP contribution in [0.4, 0.5) is 11.4 Å². The molecule has 3 amide bonds. The van der Waals surface area contributed by atoms with Gasteiger partial charge in [-0.15, -0.1) is 0 Å². The van der Waals surface area contributed by atoms with Crippen LogP contribution in [0.25, 0.3) is 11.4 Å². The maximum absolute atomic E-state index is 12.4. The first kappa shape index (κ1) is 18.4. The summed E-state index contributed by atoms with van der Waals surface area (Å²) >= 11 is 0. The van der Waals surface area contributed by atoms with Crippen molar-refractivity contribution in [1.82, 2.24) is 20.5 Å². The maximum Gasteiger partial charge on any atom is 0.254 e. The molecule has 1 aliphatic rings. The molecule has 0 spiro atoms. The number of fused-ring (bicyclic) bond motifs is 1. The summed E-state index contributed by atoms with van der Waals surface area (Å²) in [6.45, 7) is 0. The number of carbonyl (C=O) groups is 3. The third kappa shape index (κ3) is 4.13. The summed E-state index contributed by atoms with van der Waals surface area (Å²) in [5.41, 5.74) is 2.34. The lowest BCUT2D eigenvalue weighted by Crippen LogP contribution is -2.41. The van der Waals surface area contributed by atoms with Gasteiger partial charge in [0.1, 0.15) is 12.4 Å². The third-order valence-electron chi connectivity index (χ3n) is 4.57. The van der Waals surface area contributed by atoms with Crippen molar-refractivity contribution >= 4 is 29.1 Å². The molecule has 2 heterocycles. The molecule has 0 bridgehead atoms. The lowest BCUT2D eigenvalue weighted by Gasteiger charge is -2.14. The van der Waals surface area contributed by atoms with E-state index in [1.54, 1.807) is 36.4 Å². The van der Waals surface area contributed by atoms with Crippen molar-refractivity contribution in [3.05, 3.63) is 60.4 Å². The van der Waals surface area contributed by atoms with E-state index in [2.05, 4.69) is 31.1 Å². The Kier molecular flexibility index (Phi) is 5.02. The second kappa shape index (κ2) is 7.93. The molecular formula is C20H18N6O3. The van der Waals surface area contributed by atoms with Gasteiger partial charge in [0.05, 0.1) is 11.3 Å². The van der Waals surface area contributed by atoms with Crippen LogP contribution >= 0.6 is 0 Å². The molecule has 0 unspecified atom stereocenters. The number of nitrogens with zero attached hydrogens (tertiary/aromatic N) is 2. The largest absolute Gasteiger partial charge is 0.340 e. The van der Waals surface area contributed by atoms with Crippen molar-refractivity contribution in [2.24, 2.45) is 0 Å². The van der Waals surface area contributed by atoms with Crippen molar-refractivity contribution in [3.8, 4) is 11.4 Å². The molecule has 1 aliphatic heterocycles. The topological polar surface area (TPSA) is 129 Å². The number of H-pyrrole nitrogens is 1. The molecule has 29 heavy (non-hydrogen) atoms. The number of amides is 3. The molecular weight excluding hydrogens is 372 g/mol. The van der Waals surface area contributed by atoms with Crippen LogP contribution in [0.3, 0.4) is 0 Å². The Morgan fingerprint density at radius 1 is 1.07 bits per heavy atom. The minimum absolute atomic E-state index is 0.0819. The number of benzene rings is 2. The van der Waals surface area contributed by atoms with E-state index in [9.17, 15) is 14.4 Å². The molecule has 4 N–H and O–H groups in total. The average molecular weight is 390 g/mol. The minimum atomic E-state index is -0.783. The number of nitrogens with one attached hydrogen (secondary N) is 4. The standard InChI is InChI=1S/C20H18N6O3/c27-17(23-13-7-5-12(6-8-13)18-21-11-22-26-18)10-9-16-20(29)24-15-4-2-1-3-14(15)19(28)25-16/h1-8,11,16H,9-10H2,(H,23,27)(H,24,29)(H,25,28)(H,21,22,26)/t16-/m1/s1. The number of para-hydroxylation sites is 1. The summed E-state index contributed by atoms with van der Waals surface area (Å²) in [4.78, 5) is 41.0. The van der Waals surface area contributed by atoms with Gasteiger partial charge in [0.25, 0.3) is 5.91 Å². The van der Waals surface area contributed by atoms with Crippen LogP contribution in [0.5, 0.6) is 0 Å². The van der Waals surface area contributed by atoms with Crippen molar-refractivity contribution in [1.29, 1.82) is 0 Å². The van der Waals surface area contributed by atoms with E-state index < -0.39 is 6.04 Å². The van der Waals surface area contributed by atoms with Gasteiger partial charge in [-0.3, -0.25) is 19.5 Å². The summed E-state index contributed by atoms with van der Waals surface area (Å²) < 4.78 is 0. The number of rotatable bonds is 5. The van der Waals surface area contributed by atoms with Gasteiger partial charge in [-0.2, -0.15) is 5.10 Å². The molecule has 146 valence electrons. The predicted molar refractivity (Wildman–Crippen MR) is 106 cm³/mol. The summed E-state index contributed by atoms with van der Waals surface area (Å²) in [5, 5.41) is 14.8. The minimum Gasteiger partial charge on any atom is -0.340 e. The first-order valence-corrected chi connectivity index (χ1v) is 9.06. The number of hydrogen-bond donors (Lipinski definition) is 4. The van der Waals surface area contributed by atoms with Crippen LogP contribution in [-0.4, -0.2) is 38.9 Å². The van der Waals surface area contributed by atoms with Crippen LogP contribution < -0.4 is 16.0 Å². The number of carbonyl (C=O) groups excluding carboxylic acids is 3. The van der Waals surface area contributed by atoms with Gasteiger partial charge in [-0.1, -0.05) is 12.1 Å². The Balaban J connectivity index is 1.34. The Labute approximate surface area is 165 Å². The van der Waals surface area contributed by atoms with E-state index >= 15 is 0 Å². The highest BCUT2D eigenvalue weighted by atomic mass is 16.2. The fraction of sp³-hybridized carbons (Fsp3) is 0.150. The summed E-state index contributed by atoms with van der Waals surface area (Å²) in [6.07, 6.45) is 1.69. The Bertz CT molecular complexity index is 1050. The van der Waals surface area contributed by atoms with E-state index in [0.29, 0.717) is 22.8 Å². The second-order valence-corrected chi connectivity index (χ2v) is 6.56. The lowest BCUT2D eigenvalue weighted by molar-refractivity contribution is -0.118. The highest BCUT2D eigenvalue weighted by molar-refractivity contribution is 6.10. The highest BCUT2D eigenvalue weighted by Gasteiger charge is 2.27. The molecule has 0 fully saturated rings. The Morgan fingerprint density at radius 3 is 2.62 bits per heavy atom. The smallest absolute Gasteiger partial charge is 0.254 e. The van der Waals surface area contributed by atoms with Gasteiger partial charge in [0, 0.05) is 17.7 Å². The summed E-state index contributed by atoms with van der Waals surface area (Å²) in [7, 11) is 0. The zero-order valence-electron chi connectivity index (χ0n) is 15.3. The van der Waals surface area contributed by atoms with Gasteiger partial charge in [0.2, 0.25) is 11.8 Å². The molecule has 9 nitrogen and oxygen atoms in total. The zero-order chi connectivity index (χ0) is 20.2. The first-order chi connectivity index (χ1) is 14.1. The SMILES string of the molecule is O=C(CC[C@H]1NC(=O)c2ccccc2NC1=O)Nc1ccc(-c2ncn[nH]2)cc1. The van der Waals surface area contributed by atoms with E-state index in [1.165, 1.54) is 6.33 Å². The molecule has 1 aromatic heterocycles. The van der Waals surface area contributed by atoms with Crippen LogP contribution in [0.1, 0.15) is 23.2 Å². The molecule has 0 aliphatic carbocycles. The fourth-order valence-corrected chi connectivity index (χ4v) is 3.07. The van der Waals surface area contributed by atoms with Gasteiger partial charge < -0.3 is 16.0 Å². The van der Waals surface area contributed by atoms with E-state index in [-0.39, 0.29) is 30.6 Å². The second-order valence-electron chi connectivity index (χ2n) is 6.56. The van der Waals surface area contributed by atoms with Crippen LogP contribution in [0, 0.1) is 0 Å². The molecule has 4 rings (SSSR count). The van der Waals surface area contributed by atoms with Crippen molar-refractivity contribution < 1.29 is 14.4 Å². The predicted octanol–water partition coefficient (Wildman–Crippen LogP) is 1.94. The molecule has 1 atom stereocenters. The first-order valence-electron chi connectivity index (χ1n) is 9.06. The van der Waals surface area contributed by atoms with E-state index in [1.807, 2.05) is 12.1 Å². The molecule has 2 aromatic carbocycles. The number of hydrogen-bond acceptors (Lipinski definition) is 5. The van der Waals surface area contributed by atoms with Gasteiger partial charge >= 0.3 is 0 Å². The maximum atomic E-state index is 12.4. The van der Waals surface area contributed by atoms with Crippen molar-refractivity contribution in [2.75, 3.05) is 10.6 Å². The van der Waals surface area contributed by atoms with Crippen LogP contribution in [0.2, 0.25) is 0 Å². The third-order valence-corrected chi connectivity index (χ3v) is 4.57. The zero-order valence-corrected chi connectivity index (χ0v) is 15.3. The fourth-order valence-electron chi connectivity index (χ4n) is 3.07. The average Bonchev–Trinajstić information content (AvgIpc) is 3.23. The molecule has 0 radical (unpaired) electrons. The van der Waals surface area contributed by atoms with E-state index in [4.69, 9.17) is 0 Å². The van der Waals surface area contributed by atoms with E-state index in [0.717, 1.165) is 5.56 Å².